The summed E-state index contributed by atoms with van der Waals surface area (Å²) in [5.41, 5.74) is 0.583. The highest BCUT2D eigenvalue weighted by Gasteiger charge is 2.47. The maximum absolute atomic E-state index is 5.45. The SMILES string of the molecule is CO[C@@H]1CCC12CCNCC2. The zero-order valence-electron chi connectivity index (χ0n) is 7.23. The molecule has 1 atom stereocenters. The molecule has 2 heteroatoms. The molecule has 1 saturated carbocycles. The van der Waals surface area contributed by atoms with E-state index < -0.39 is 0 Å². The van der Waals surface area contributed by atoms with Gasteiger partial charge in [-0.15, -0.1) is 0 Å². The summed E-state index contributed by atoms with van der Waals surface area (Å²) >= 11 is 0. The summed E-state index contributed by atoms with van der Waals surface area (Å²) in [4.78, 5) is 0. The average molecular weight is 155 g/mol. The Balaban J connectivity index is 1.97. The van der Waals surface area contributed by atoms with E-state index >= 15 is 0 Å². The molecule has 2 nitrogen and oxygen atoms in total. The topological polar surface area (TPSA) is 21.3 Å². The Morgan fingerprint density at radius 1 is 1.27 bits per heavy atom. The molecule has 11 heavy (non-hydrogen) atoms. The van der Waals surface area contributed by atoms with Crippen LogP contribution in [0.1, 0.15) is 25.7 Å². The Labute approximate surface area is 68.3 Å². The second kappa shape index (κ2) is 2.76. The fraction of sp³-hybridized carbons (Fsp3) is 1.00. The van der Waals surface area contributed by atoms with Gasteiger partial charge in [-0.25, -0.2) is 0 Å². The van der Waals surface area contributed by atoms with Crippen LogP contribution in [0.25, 0.3) is 0 Å². The zero-order valence-corrected chi connectivity index (χ0v) is 7.23. The highest BCUT2D eigenvalue weighted by atomic mass is 16.5. The molecule has 0 unspecified atom stereocenters. The third-order valence-corrected chi connectivity index (χ3v) is 3.47. The second-order valence-corrected chi connectivity index (χ2v) is 3.88. The molecule has 1 saturated heterocycles. The normalized spacial score (nSPS) is 35.2. The standard InChI is InChI=1S/C9H17NO/c1-11-8-2-3-9(8)4-6-10-7-5-9/h8,10H,2-7H2,1H3/t8-/m1/s1. The van der Waals surface area contributed by atoms with E-state index in [1.54, 1.807) is 0 Å². The van der Waals surface area contributed by atoms with Crippen LogP contribution in [-0.2, 0) is 4.74 Å². The summed E-state index contributed by atoms with van der Waals surface area (Å²) in [7, 11) is 1.85. The highest BCUT2D eigenvalue weighted by molar-refractivity contribution is 4.99. The lowest BCUT2D eigenvalue weighted by molar-refractivity contribution is -0.106. The molecule has 0 aromatic carbocycles. The van der Waals surface area contributed by atoms with Gasteiger partial charge in [-0.1, -0.05) is 0 Å². The number of methoxy groups -OCH3 is 1. The molecule has 0 aromatic heterocycles. The molecule has 1 spiro atoms. The van der Waals surface area contributed by atoms with Gasteiger partial charge in [0.15, 0.2) is 0 Å². The molecule has 2 rings (SSSR count). The van der Waals surface area contributed by atoms with Crippen molar-refractivity contribution in [3.05, 3.63) is 0 Å². The third-order valence-electron chi connectivity index (χ3n) is 3.47. The van der Waals surface area contributed by atoms with E-state index in [1.165, 1.54) is 38.8 Å². The minimum atomic E-state index is 0.574. The van der Waals surface area contributed by atoms with Crippen LogP contribution in [0.5, 0.6) is 0 Å². The first kappa shape index (κ1) is 7.56. The Bertz CT molecular complexity index is 138. The molecule has 64 valence electrons. The van der Waals surface area contributed by atoms with E-state index in [0.717, 1.165) is 0 Å². The van der Waals surface area contributed by atoms with Gasteiger partial charge in [-0.3, -0.25) is 0 Å². The molecule has 0 amide bonds. The van der Waals surface area contributed by atoms with Gasteiger partial charge in [0.1, 0.15) is 0 Å². The molecular weight excluding hydrogens is 138 g/mol. The molecule has 2 aliphatic rings. The fourth-order valence-corrected chi connectivity index (χ4v) is 2.53. The summed E-state index contributed by atoms with van der Waals surface area (Å²) in [5, 5.41) is 3.40. The molecule has 1 aliphatic heterocycles. The predicted molar refractivity (Wildman–Crippen MR) is 44.6 cm³/mol. The lowest BCUT2D eigenvalue weighted by Gasteiger charge is -2.51. The maximum Gasteiger partial charge on any atom is 0.0628 e. The minimum Gasteiger partial charge on any atom is -0.381 e. The number of hydrogen-bond donors (Lipinski definition) is 1. The number of hydrogen-bond acceptors (Lipinski definition) is 2. The van der Waals surface area contributed by atoms with Gasteiger partial charge in [0.05, 0.1) is 6.10 Å². The van der Waals surface area contributed by atoms with Gasteiger partial charge in [-0.05, 0) is 44.2 Å². The van der Waals surface area contributed by atoms with Gasteiger partial charge in [0, 0.05) is 7.11 Å². The molecule has 0 radical (unpaired) electrons. The zero-order chi connectivity index (χ0) is 7.73. The van der Waals surface area contributed by atoms with Crippen molar-refractivity contribution in [3.63, 3.8) is 0 Å². The Kier molecular flexibility index (Phi) is 1.90. The third kappa shape index (κ3) is 1.09. The molecule has 1 N–H and O–H groups in total. The van der Waals surface area contributed by atoms with E-state index in [2.05, 4.69) is 5.32 Å². The predicted octanol–water partition coefficient (Wildman–Crippen LogP) is 1.17. The van der Waals surface area contributed by atoms with Crippen LogP contribution in [0.15, 0.2) is 0 Å². The van der Waals surface area contributed by atoms with Crippen LogP contribution in [0, 0.1) is 5.41 Å². The van der Waals surface area contributed by atoms with Crippen molar-refractivity contribution in [2.75, 3.05) is 20.2 Å². The van der Waals surface area contributed by atoms with Gasteiger partial charge >= 0.3 is 0 Å². The first-order chi connectivity index (χ1) is 5.37. The van der Waals surface area contributed by atoms with Crippen molar-refractivity contribution in [2.45, 2.75) is 31.8 Å². The van der Waals surface area contributed by atoms with E-state index in [9.17, 15) is 0 Å². The number of nitrogens with one attached hydrogen (secondary N) is 1. The minimum absolute atomic E-state index is 0.574. The molecular formula is C9H17NO. The molecule has 1 heterocycles. The Morgan fingerprint density at radius 3 is 2.45 bits per heavy atom. The van der Waals surface area contributed by atoms with Crippen molar-refractivity contribution in [1.29, 1.82) is 0 Å². The van der Waals surface area contributed by atoms with Crippen LogP contribution in [0.4, 0.5) is 0 Å². The van der Waals surface area contributed by atoms with Crippen LogP contribution in [0.2, 0.25) is 0 Å². The summed E-state index contributed by atoms with van der Waals surface area (Å²) in [5.74, 6) is 0. The van der Waals surface area contributed by atoms with Crippen molar-refractivity contribution >= 4 is 0 Å². The van der Waals surface area contributed by atoms with Crippen LogP contribution in [-0.4, -0.2) is 26.3 Å². The highest BCUT2D eigenvalue weighted by Crippen LogP contribution is 2.49. The average Bonchev–Trinajstić information content (AvgIpc) is 2.05. The lowest BCUT2D eigenvalue weighted by Crippen LogP contribution is -2.51. The number of rotatable bonds is 1. The fourth-order valence-electron chi connectivity index (χ4n) is 2.53. The largest absolute Gasteiger partial charge is 0.381 e. The van der Waals surface area contributed by atoms with Crippen LogP contribution >= 0.6 is 0 Å². The second-order valence-electron chi connectivity index (χ2n) is 3.88. The monoisotopic (exact) mass is 155 g/mol. The summed E-state index contributed by atoms with van der Waals surface area (Å²) in [6.07, 6.45) is 5.91. The van der Waals surface area contributed by atoms with Crippen molar-refractivity contribution in [1.82, 2.24) is 5.32 Å². The first-order valence-electron chi connectivity index (χ1n) is 4.61. The summed E-state index contributed by atoms with van der Waals surface area (Å²) in [6, 6.07) is 0. The van der Waals surface area contributed by atoms with Gasteiger partial charge in [0.2, 0.25) is 0 Å². The van der Waals surface area contributed by atoms with Crippen LogP contribution < -0.4 is 5.32 Å². The lowest BCUT2D eigenvalue weighted by atomic mass is 9.61. The van der Waals surface area contributed by atoms with Gasteiger partial charge in [0.25, 0.3) is 0 Å². The van der Waals surface area contributed by atoms with Crippen molar-refractivity contribution in [3.8, 4) is 0 Å². The van der Waals surface area contributed by atoms with Crippen LogP contribution in [0.3, 0.4) is 0 Å². The molecule has 0 bridgehead atoms. The maximum atomic E-state index is 5.45. The van der Waals surface area contributed by atoms with Crippen molar-refractivity contribution in [2.24, 2.45) is 5.41 Å². The van der Waals surface area contributed by atoms with E-state index in [0.29, 0.717) is 11.5 Å². The van der Waals surface area contributed by atoms with E-state index in [4.69, 9.17) is 4.74 Å². The number of ether oxygens (including phenoxy) is 1. The Morgan fingerprint density at radius 2 is 2.00 bits per heavy atom. The number of piperidine rings is 1. The molecule has 0 aromatic rings. The molecule has 2 fully saturated rings. The quantitative estimate of drug-likeness (QED) is 0.613. The molecule has 1 aliphatic carbocycles. The summed E-state index contributed by atoms with van der Waals surface area (Å²) in [6.45, 7) is 2.39. The first-order valence-corrected chi connectivity index (χ1v) is 4.61. The summed E-state index contributed by atoms with van der Waals surface area (Å²) < 4.78 is 5.45. The smallest absolute Gasteiger partial charge is 0.0628 e. The van der Waals surface area contributed by atoms with E-state index in [-0.39, 0.29) is 0 Å². The van der Waals surface area contributed by atoms with Gasteiger partial charge in [-0.2, -0.15) is 0 Å². The van der Waals surface area contributed by atoms with Gasteiger partial charge < -0.3 is 10.1 Å². The van der Waals surface area contributed by atoms with Crippen molar-refractivity contribution < 1.29 is 4.74 Å². The Hall–Kier alpha value is -0.0800. The van der Waals surface area contributed by atoms with E-state index in [1.807, 2.05) is 7.11 Å².